The van der Waals surface area contributed by atoms with Crippen LogP contribution in [0.15, 0.2) is 86.5 Å². The number of carbonyl (C=O) groups is 3. The zero-order valence-electron chi connectivity index (χ0n) is 20.7. The first-order valence-electron chi connectivity index (χ1n) is 12.2. The average Bonchev–Trinajstić information content (AvgIpc) is 3.45. The number of rotatable bonds is 8. The molecule has 2 atom stereocenters. The Morgan fingerprint density at radius 1 is 1.20 bits per heavy atom. The Kier molecular flexibility index (Phi) is 6.86. The Bertz CT molecular complexity index is 1730. The molecule has 0 spiro atoms. The van der Waals surface area contributed by atoms with Gasteiger partial charge in [0, 0.05) is 22.8 Å². The highest BCUT2D eigenvalue weighted by Gasteiger charge is 2.53. The largest absolute Gasteiger partial charge is 0.489 e. The minimum atomic E-state index is -1.21. The molecule has 2 aromatic rings. The molecule has 3 aliphatic heterocycles. The number of thiophene rings is 1. The molecule has 202 valence electrons. The molecule has 12 heteroatoms. The number of amides is 2. The van der Waals surface area contributed by atoms with Gasteiger partial charge in [0.05, 0.1) is 6.42 Å². The summed E-state index contributed by atoms with van der Waals surface area (Å²) in [5.74, 6) is -0.682. The summed E-state index contributed by atoms with van der Waals surface area (Å²) in [5, 5.41) is 14.0. The standard InChI is InChI=1S/C28H21N3O7S2/c32-16-5-7-19-21(11-16)38-22-12-17(6-8-20(22)29-19)37-9-1-3-15-14-40-27-24(26(34)31(27)25(15)28(35)36)30-23(33)13-18-4-2-10-39-18/h1-8,10-12,24,27H,9,13-14H2,(H,30,33)(H,35,36). The molecule has 4 aliphatic rings. The number of carboxylic acid groups (broad SMARTS) is 1. The number of hydrogen-bond acceptors (Lipinski definition) is 9. The number of benzene rings is 2. The van der Waals surface area contributed by atoms with Crippen LogP contribution in [0.25, 0.3) is 22.6 Å². The van der Waals surface area contributed by atoms with Crippen molar-refractivity contribution >= 4 is 52.0 Å². The van der Waals surface area contributed by atoms with E-state index in [4.69, 9.17) is 9.15 Å². The van der Waals surface area contributed by atoms with E-state index in [2.05, 4.69) is 10.3 Å². The zero-order chi connectivity index (χ0) is 27.8. The summed E-state index contributed by atoms with van der Waals surface area (Å²) in [7, 11) is 0. The number of thioether (sulfide) groups is 1. The molecular formula is C28H21N3O7S2. The van der Waals surface area contributed by atoms with Crippen molar-refractivity contribution in [2.75, 3.05) is 12.4 Å². The molecule has 6 rings (SSSR count). The lowest BCUT2D eigenvalue weighted by Crippen LogP contribution is -2.70. The smallest absolute Gasteiger partial charge is 0.352 e. The molecule has 4 heterocycles. The van der Waals surface area contributed by atoms with Gasteiger partial charge in [0.25, 0.3) is 5.91 Å². The molecule has 1 aliphatic carbocycles. The number of fused-ring (bicyclic) bond motifs is 3. The highest BCUT2D eigenvalue weighted by molar-refractivity contribution is 8.00. The number of aromatic nitrogens is 1. The number of allylic oxidation sites excluding steroid dienone is 1. The van der Waals surface area contributed by atoms with Gasteiger partial charge in [-0.15, -0.1) is 23.1 Å². The van der Waals surface area contributed by atoms with Gasteiger partial charge in [0.15, 0.2) is 16.8 Å². The third-order valence-electron chi connectivity index (χ3n) is 6.42. The minimum absolute atomic E-state index is 0.0889. The molecule has 0 saturated carbocycles. The fraction of sp³-hybridized carbons (Fsp3) is 0.179. The van der Waals surface area contributed by atoms with E-state index < -0.39 is 23.3 Å². The van der Waals surface area contributed by atoms with Crippen molar-refractivity contribution in [2.45, 2.75) is 17.8 Å². The van der Waals surface area contributed by atoms with E-state index in [-0.39, 0.29) is 30.1 Å². The number of hydrogen-bond donors (Lipinski definition) is 2. The highest BCUT2D eigenvalue weighted by atomic mass is 32.2. The molecule has 40 heavy (non-hydrogen) atoms. The molecule has 2 amide bonds. The van der Waals surface area contributed by atoms with Gasteiger partial charge >= 0.3 is 5.97 Å². The third kappa shape index (κ3) is 4.98. The lowest BCUT2D eigenvalue weighted by atomic mass is 10.0. The topological polar surface area (TPSA) is 139 Å². The van der Waals surface area contributed by atoms with Gasteiger partial charge in [0.1, 0.15) is 40.7 Å². The number of nitrogens with one attached hydrogen (secondary N) is 1. The first-order chi connectivity index (χ1) is 19.4. The van der Waals surface area contributed by atoms with Crippen molar-refractivity contribution in [1.29, 1.82) is 0 Å². The number of aliphatic carboxylic acids is 1. The van der Waals surface area contributed by atoms with Gasteiger partial charge in [-0.25, -0.2) is 9.78 Å². The summed E-state index contributed by atoms with van der Waals surface area (Å²) < 4.78 is 11.6. The van der Waals surface area contributed by atoms with Gasteiger partial charge in [-0.3, -0.25) is 19.3 Å². The van der Waals surface area contributed by atoms with Crippen LogP contribution < -0.4 is 15.5 Å². The number of nitrogens with zero attached hydrogens (tertiary/aromatic N) is 2. The molecule has 1 aromatic carbocycles. The average molecular weight is 576 g/mol. The fourth-order valence-corrected chi connectivity index (χ4v) is 6.60. The molecule has 0 radical (unpaired) electrons. The van der Waals surface area contributed by atoms with E-state index in [0.717, 1.165) is 4.88 Å². The molecular weight excluding hydrogens is 554 g/mol. The van der Waals surface area contributed by atoms with Crippen LogP contribution in [0.4, 0.5) is 0 Å². The van der Waals surface area contributed by atoms with Crippen molar-refractivity contribution in [1.82, 2.24) is 15.2 Å². The van der Waals surface area contributed by atoms with E-state index in [1.807, 2.05) is 17.5 Å². The third-order valence-corrected chi connectivity index (χ3v) is 8.60. The van der Waals surface area contributed by atoms with Gasteiger partial charge in [-0.2, -0.15) is 0 Å². The number of β-lactam (4-membered cyclic amide) rings is 1. The molecule has 1 aromatic heterocycles. The Labute approximate surface area is 235 Å². The van der Waals surface area contributed by atoms with Gasteiger partial charge < -0.3 is 19.6 Å². The Balaban J connectivity index is 1.12. The van der Waals surface area contributed by atoms with Crippen molar-refractivity contribution in [3.63, 3.8) is 0 Å². The number of ether oxygens (including phenoxy) is 1. The second-order valence-electron chi connectivity index (χ2n) is 9.08. The van der Waals surface area contributed by atoms with E-state index >= 15 is 0 Å². The first-order valence-corrected chi connectivity index (χ1v) is 14.2. The summed E-state index contributed by atoms with van der Waals surface area (Å²) >= 11 is 2.86. The maximum absolute atomic E-state index is 12.8. The Hall–Kier alpha value is -4.42. The summed E-state index contributed by atoms with van der Waals surface area (Å²) in [4.78, 5) is 55.6. The van der Waals surface area contributed by atoms with Crippen molar-refractivity contribution in [3.05, 3.63) is 92.4 Å². The van der Waals surface area contributed by atoms with Crippen LogP contribution in [0.3, 0.4) is 0 Å². The Morgan fingerprint density at radius 3 is 2.88 bits per heavy atom. The lowest BCUT2D eigenvalue weighted by molar-refractivity contribution is -0.150. The zero-order valence-corrected chi connectivity index (χ0v) is 22.4. The van der Waals surface area contributed by atoms with E-state index in [9.17, 15) is 24.3 Å². The monoisotopic (exact) mass is 575 g/mol. The summed E-state index contributed by atoms with van der Waals surface area (Å²) in [6, 6.07) is 12.5. The second kappa shape index (κ2) is 10.6. The molecule has 1 fully saturated rings. The maximum atomic E-state index is 12.8. The summed E-state index contributed by atoms with van der Waals surface area (Å²) in [6.45, 7) is 0.136. The maximum Gasteiger partial charge on any atom is 0.352 e. The molecule has 0 bridgehead atoms. The van der Waals surface area contributed by atoms with Crippen LogP contribution in [0.1, 0.15) is 4.88 Å². The van der Waals surface area contributed by atoms with Crippen molar-refractivity contribution in [3.8, 4) is 17.2 Å². The highest BCUT2D eigenvalue weighted by Crippen LogP contribution is 2.40. The van der Waals surface area contributed by atoms with E-state index in [1.165, 1.54) is 40.1 Å². The predicted octanol–water partition coefficient (Wildman–Crippen LogP) is 3.27. The lowest BCUT2D eigenvalue weighted by Gasteiger charge is -2.49. The minimum Gasteiger partial charge on any atom is -0.489 e. The molecule has 1 saturated heterocycles. The van der Waals surface area contributed by atoms with Crippen molar-refractivity contribution in [2.24, 2.45) is 0 Å². The second-order valence-corrected chi connectivity index (χ2v) is 11.2. The first kappa shape index (κ1) is 25.8. The van der Waals surface area contributed by atoms with Crippen LogP contribution in [-0.2, 0) is 20.8 Å². The van der Waals surface area contributed by atoms with Crippen LogP contribution in [-0.4, -0.2) is 56.5 Å². The fourth-order valence-electron chi connectivity index (χ4n) is 4.58. The number of carbonyl (C=O) groups excluding carboxylic acids is 2. The van der Waals surface area contributed by atoms with Crippen LogP contribution >= 0.6 is 23.1 Å². The summed E-state index contributed by atoms with van der Waals surface area (Å²) in [6.07, 6.45) is 3.49. The predicted molar refractivity (Wildman–Crippen MR) is 149 cm³/mol. The summed E-state index contributed by atoms with van der Waals surface area (Å²) in [5.41, 5.74) is 1.86. The van der Waals surface area contributed by atoms with E-state index in [0.29, 0.717) is 39.6 Å². The SMILES string of the molecule is O=C(Cc1cccs1)NC1C(=O)N2C(C(=O)O)=C(C=CCOc3ccc4nc5ccc(=O)cc-5oc4c3)CSC12. The van der Waals surface area contributed by atoms with Crippen molar-refractivity contribution < 1.29 is 28.6 Å². The van der Waals surface area contributed by atoms with Crippen LogP contribution in [0.2, 0.25) is 0 Å². The van der Waals surface area contributed by atoms with Gasteiger partial charge in [-0.05, 0) is 47.4 Å². The molecule has 2 N–H and O–H groups in total. The van der Waals surface area contributed by atoms with Crippen LogP contribution in [0.5, 0.6) is 5.75 Å². The van der Waals surface area contributed by atoms with Gasteiger partial charge in [0.2, 0.25) is 5.91 Å². The normalized spacial score (nSPS) is 18.7. The number of carboxylic acids is 1. The molecule has 2 unspecified atom stereocenters. The molecule has 10 nitrogen and oxygen atoms in total. The van der Waals surface area contributed by atoms with E-state index in [1.54, 1.807) is 36.4 Å². The Morgan fingerprint density at radius 2 is 2.08 bits per heavy atom. The van der Waals surface area contributed by atoms with Crippen LogP contribution in [0, 0.1) is 0 Å². The van der Waals surface area contributed by atoms with Gasteiger partial charge in [-0.1, -0.05) is 12.1 Å². The quantitative estimate of drug-likeness (QED) is 0.239.